The SMILES string of the molecule is N#Cc1ccc(C(=O)N2CCN3C(=O)N(C4CCCCC4)C[C@H]3C2)cc1. The van der Waals surface area contributed by atoms with Crippen LogP contribution in [0.5, 0.6) is 0 Å². The van der Waals surface area contributed by atoms with Crippen molar-refractivity contribution in [3.05, 3.63) is 35.4 Å². The summed E-state index contributed by atoms with van der Waals surface area (Å²) < 4.78 is 0. The first-order valence-electron chi connectivity index (χ1n) is 9.54. The first-order chi connectivity index (χ1) is 12.7. The Labute approximate surface area is 154 Å². The van der Waals surface area contributed by atoms with Crippen LogP contribution >= 0.6 is 0 Å². The van der Waals surface area contributed by atoms with E-state index in [-0.39, 0.29) is 18.0 Å². The van der Waals surface area contributed by atoms with Gasteiger partial charge < -0.3 is 14.7 Å². The summed E-state index contributed by atoms with van der Waals surface area (Å²) >= 11 is 0. The Morgan fingerprint density at radius 3 is 2.38 bits per heavy atom. The highest BCUT2D eigenvalue weighted by molar-refractivity contribution is 5.94. The number of piperazine rings is 1. The minimum absolute atomic E-state index is 0.0160. The molecule has 3 amide bonds. The van der Waals surface area contributed by atoms with E-state index in [0.717, 1.165) is 19.4 Å². The molecular weight excluding hydrogens is 328 g/mol. The molecule has 1 aliphatic carbocycles. The predicted octanol–water partition coefficient (Wildman–Crippen LogP) is 2.45. The van der Waals surface area contributed by atoms with Crippen molar-refractivity contribution in [2.75, 3.05) is 26.2 Å². The second-order valence-electron chi connectivity index (χ2n) is 7.51. The van der Waals surface area contributed by atoms with Gasteiger partial charge in [-0.25, -0.2) is 4.79 Å². The fourth-order valence-electron chi connectivity index (χ4n) is 4.49. The Morgan fingerprint density at radius 1 is 0.962 bits per heavy atom. The molecule has 0 unspecified atom stereocenters. The Morgan fingerprint density at radius 2 is 1.69 bits per heavy atom. The van der Waals surface area contributed by atoms with Crippen molar-refractivity contribution >= 4 is 11.9 Å². The minimum Gasteiger partial charge on any atom is -0.335 e. The number of fused-ring (bicyclic) bond motifs is 1. The topological polar surface area (TPSA) is 67.6 Å². The first kappa shape index (κ1) is 16.9. The summed E-state index contributed by atoms with van der Waals surface area (Å²) in [6.45, 7) is 2.50. The van der Waals surface area contributed by atoms with E-state index in [0.29, 0.717) is 36.8 Å². The Hall–Kier alpha value is -2.55. The number of nitrogens with zero attached hydrogens (tertiary/aromatic N) is 4. The molecule has 1 aromatic rings. The van der Waals surface area contributed by atoms with Gasteiger partial charge in [0.25, 0.3) is 5.91 Å². The van der Waals surface area contributed by atoms with Gasteiger partial charge in [0.05, 0.1) is 17.7 Å². The Bertz CT molecular complexity index is 733. The molecule has 0 aromatic heterocycles. The molecule has 0 bridgehead atoms. The van der Waals surface area contributed by atoms with Gasteiger partial charge in [0.2, 0.25) is 0 Å². The normalized spacial score (nSPS) is 23.7. The molecule has 0 radical (unpaired) electrons. The minimum atomic E-state index is -0.0160. The fraction of sp³-hybridized carbons (Fsp3) is 0.550. The number of nitriles is 1. The molecule has 6 heteroatoms. The second kappa shape index (κ2) is 6.99. The molecule has 3 fully saturated rings. The zero-order valence-electron chi connectivity index (χ0n) is 14.9. The lowest BCUT2D eigenvalue weighted by Crippen LogP contribution is -2.53. The van der Waals surface area contributed by atoms with Crippen LogP contribution in [0.3, 0.4) is 0 Å². The van der Waals surface area contributed by atoms with E-state index in [1.54, 1.807) is 24.3 Å². The van der Waals surface area contributed by atoms with Crippen LogP contribution in [-0.2, 0) is 0 Å². The van der Waals surface area contributed by atoms with Crippen LogP contribution in [-0.4, -0.2) is 64.9 Å². The lowest BCUT2D eigenvalue weighted by Gasteiger charge is -2.36. The molecule has 1 aromatic carbocycles. The van der Waals surface area contributed by atoms with Crippen LogP contribution in [0.2, 0.25) is 0 Å². The monoisotopic (exact) mass is 352 g/mol. The van der Waals surface area contributed by atoms with Crippen molar-refractivity contribution in [2.45, 2.75) is 44.2 Å². The molecule has 0 N–H and O–H groups in total. The smallest absolute Gasteiger partial charge is 0.320 e. The maximum Gasteiger partial charge on any atom is 0.320 e. The number of urea groups is 1. The molecule has 4 rings (SSSR count). The maximum absolute atomic E-state index is 12.8. The number of rotatable bonds is 2. The summed E-state index contributed by atoms with van der Waals surface area (Å²) in [4.78, 5) is 31.4. The third kappa shape index (κ3) is 3.03. The highest BCUT2D eigenvalue weighted by Crippen LogP contribution is 2.29. The van der Waals surface area contributed by atoms with E-state index in [1.165, 1.54) is 19.3 Å². The van der Waals surface area contributed by atoms with Gasteiger partial charge in [-0.2, -0.15) is 5.26 Å². The van der Waals surface area contributed by atoms with E-state index in [9.17, 15) is 9.59 Å². The van der Waals surface area contributed by atoms with E-state index in [1.807, 2.05) is 9.80 Å². The van der Waals surface area contributed by atoms with Crippen LogP contribution in [0.25, 0.3) is 0 Å². The molecule has 2 saturated heterocycles. The summed E-state index contributed by atoms with van der Waals surface area (Å²) in [7, 11) is 0. The molecule has 26 heavy (non-hydrogen) atoms. The highest BCUT2D eigenvalue weighted by atomic mass is 16.2. The molecule has 6 nitrogen and oxygen atoms in total. The van der Waals surface area contributed by atoms with Crippen LogP contribution in [0, 0.1) is 11.3 Å². The summed E-state index contributed by atoms with van der Waals surface area (Å²) in [5, 5.41) is 8.89. The summed E-state index contributed by atoms with van der Waals surface area (Å²) in [5.74, 6) is -0.0160. The van der Waals surface area contributed by atoms with Gasteiger partial charge in [-0.1, -0.05) is 19.3 Å². The summed E-state index contributed by atoms with van der Waals surface area (Å²) in [5.41, 5.74) is 1.15. The van der Waals surface area contributed by atoms with Crippen LogP contribution < -0.4 is 0 Å². The Balaban J connectivity index is 1.43. The van der Waals surface area contributed by atoms with Gasteiger partial charge >= 0.3 is 6.03 Å². The van der Waals surface area contributed by atoms with Gasteiger partial charge in [0.15, 0.2) is 0 Å². The van der Waals surface area contributed by atoms with Crippen LogP contribution in [0.15, 0.2) is 24.3 Å². The van der Waals surface area contributed by atoms with Crippen LogP contribution in [0.1, 0.15) is 48.0 Å². The molecule has 1 saturated carbocycles. The summed E-state index contributed by atoms with van der Waals surface area (Å²) in [6, 6.07) is 9.47. The average molecular weight is 352 g/mol. The number of carbonyl (C=O) groups is 2. The van der Waals surface area contributed by atoms with E-state index in [4.69, 9.17) is 5.26 Å². The second-order valence-corrected chi connectivity index (χ2v) is 7.51. The number of carbonyl (C=O) groups excluding carboxylic acids is 2. The van der Waals surface area contributed by atoms with Crippen molar-refractivity contribution in [2.24, 2.45) is 0 Å². The van der Waals surface area contributed by atoms with Gasteiger partial charge in [0, 0.05) is 37.8 Å². The number of hydrogen-bond donors (Lipinski definition) is 0. The van der Waals surface area contributed by atoms with Crippen molar-refractivity contribution < 1.29 is 9.59 Å². The number of hydrogen-bond acceptors (Lipinski definition) is 3. The van der Waals surface area contributed by atoms with Crippen molar-refractivity contribution in [3.63, 3.8) is 0 Å². The van der Waals surface area contributed by atoms with Crippen molar-refractivity contribution in [3.8, 4) is 6.07 Å². The van der Waals surface area contributed by atoms with E-state index >= 15 is 0 Å². The van der Waals surface area contributed by atoms with E-state index in [2.05, 4.69) is 11.0 Å². The van der Waals surface area contributed by atoms with E-state index < -0.39 is 0 Å². The van der Waals surface area contributed by atoms with Gasteiger partial charge in [-0.15, -0.1) is 0 Å². The molecule has 2 heterocycles. The third-order valence-electron chi connectivity index (χ3n) is 5.95. The zero-order valence-corrected chi connectivity index (χ0v) is 14.9. The Kier molecular flexibility index (Phi) is 4.54. The highest BCUT2D eigenvalue weighted by Gasteiger charge is 2.44. The molecule has 1 atom stereocenters. The van der Waals surface area contributed by atoms with Gasteiger partial charge in [-0.3, -0.25) is 4.79 Å². The molecule has 136 valence electrons. The standard InChI is InChI=1S/C20H24N4O2/c21-12-15-6-8-16(9-7-15)19(25)22-10-11-23-18(13-22)14-24(20(23)26)17-4-2-1-3-5-17/h6-9,17-18H,1-5,10-11,13-14H2/t18-/m1/s1. The quantitative estimate of drug-likeness (QED) is 0.821. The number of benzene rings is 1. The number of amides is 3. The molecule has 0 spiro atoms. The lowest BCUT2D eigenvalue weighted by atomic mass is 9.94. The van der Waals surface area contributed by atoms with Gasteiger partial charge in [0.1, 0.15) is 0 Å². The summed E-state index contributed by atoms with van der Waals surface area (Å²) in [6.07, 6.45) is 5.92. The zero-order chi connectivity index (χ0) is 18.1. The van der Waals surface area contributed by atoms with Gasteiger partial charge in [-0.05, 0) is 37.1 Å². The molecule has 3 aliphatic rings. The first-order valence-corrected chi connectivity index (χ1v) is 9.54. The largest absolute Gasteiger partial charge is 0.335 e. The third-order valence-corrected chi connectivity index (χ3v) is 5.95. The average Bonchev–Trinajstić information content (AvgIpc) is 3.04. The maximum atomic E-state index is 12.8. The molecule has 2 aliphatic heterocycles. The van der Waals surface area contributed by atoms with Crippen LogP contribution in [0.4, 0.5) is 4.79 Å². The molecular formula is C20H24N4O2. The van der Waals surface area contributed by atoms with Crippen molar-refractivity contribution in [1.29, 1.82) is 5.26 Å². The lowest BCUT2D eigenvalue weighted by molar-refractivity contribution is 0.0617. The predicted molar refractivity (Wildman–Crippen MR) is 96.5 cm³/mol. The fourth-order valence-corrected chi connectivity index (χ4v) is 4.49. The van der Waals surface area contributed by atoms with Crippen molar-refractivity contribution in [1.82, 2.24) is 14.7 Å².